The highest BCUT2D eigenvalue weighted by atomic mass is 28.3. The zero-order chi connectivity index (χ0) is 31.3. The van der Waals surface area contributed by atoms with Crippen molar-refractivity contribution < 1.29 is 47.6 Å². The number of hydrogen-bond acceptors (Lipinski definition) is 10. The average molecular weight is 595 g/mol. The van der Waals surface area contributed by atoms with Gasteiger partial charge in [-0.2, -0.15) is 0 Å². The van der Waals surface area contributed by atoms with Gasteiger partial charge in [-0.25, -0.2) is 0 Å². The summed E-state index contributed by atoms with van der Waals surface area (Å²) >= 11 is 0. The highest BCUT2D eigenvalue weighted by molar-refractivity contribution is 6.90. The fraction of sp³-hybridized carbons (Fsp3) is 0.733. The van der Waals surface area contributed by atoms with Gasteiger partial charge in [0, 0.05) is 34.1 Å². The molecule has 0 saturated carbocycles. The first-order valence-corrected chi connectivity index (χ1v) is 16.3. The third-order valence-corrected chi connectivity index (χ3v) is 13.3. The van der Waals surface area contributed by atoms with E-state index in [1.54, 1.807) is 0 Å². The van der Waals surface area contributed by atoms with Gasteiger partial charge < -0.3 is 28.4 Å². The van der Waals surface area contributed by atoms with Gasteiger partial charge in [0.15, 0.2) is 24.6 Å². The molecule has 0 bridgehead atoms. The van der Waals surface area contributed by atoms with E-state index in [0.29, 0.717) is 29.5 Å². The first-order chi connectivity index (χ1) is 19.1. The molecule has 5 atom stereocenters. The van der Waals surface area contributed by atoms with Crippen molar-refractivity contribution >= 4 is 32.0 Å². The molecule has 230 valence electrons. The molecule has 41 heavy (non-hydrogen) atoms. The number of esters is 4. The lowest BCUT2D eigenvalue weighted by atomic mass is 9.98. The molecule has 0 amide bonds. The Labute approximate surface area is 245 Å². The Hall–Kier alpha value is -2.86. The second-order valence-corrected chi connectivity index (χ2v) is 16.6. The van der Waals surface area contributed by atoms with Crippen LogP contribution in [0.15, 0.2) is 0 Å². The average Bonchev–Trinajstić information content (AvgIpc) is 2.83. The minimum Gasteiger partial charge on any atom is -0.463 e. The Morgan fingerprint density at radius 3 is 1.73 bits per heavy atom. The topological polar surface area (TPSA) is 124 Å². The van der Waals surface area contributed by atoms with Gasteiger partial charge in [0.25, 0.3) is 0 Å². The van der Waals surface area contributed by atoms with Gasteiger partial charge in [-0.15, -0.1) is 5.54 Å². The van der Waals surface area contributed by atoms with E-state index in [9.17, 15) is 19.2 Å². The van der Waals surface area contributed by atoms with E-state index < -0.39 is 62.7 Å². The Morgan fingerprint density at radius 1 is 0.732 bits per heavy atom. The lowest BCUT2D eigenvalue weighted by Gasteiger charge is -2.44. The molecule has 0 radical (unpaired) electrons. The molecule has 0 aromatic rings. The molecule has 1 aliphatic rings. The van der Waals surface area contributed by atoms with Crippen LogP contribution in [-0.4, -0.2) is 75.9 Å². The van der Waals surface area contributed by atoms with E-state index in [1.807, 2.05) is 0 Å². The zero-order valence-corrected chi connectivity index (χ0v) is 27.0. The molecule has 1 saturated heterocycles. The molecule has 0 aliphatic carbocycles. The maximum absolute atomic E-state index is 11.9. The monoisotopic (exact) mass is 594 g/mol. The summed E-state index contributed by atoms with van der Waals surface area (Å²) in [7, 11) is -1.85. The molecule has 0 aromatic carbocycles. The van der Waals surface area contributed by atoms with Crippen molar-refractivity contribution in [3.63, 3.8) is 0 Å². The molecule has 0 aromatic heterocycles. The van der Waals surface area contributed by atoms with Crippen molar-refractivity contribution in [2.24, 2.45) is 0 Å². The summed E-state index contributed by atoms with van der Waals surface area (Å²) < 4.78 is 33.0. The van der Waals surface area contributed by atoms with Crippen molar-refractivity contribution in [3.05, 3.63) is 0 Å². The van der Waals surface area contributed by atoms with Gasteiger partial charge in [0.05, 0.1) is 6.61 Å². The Balaban J connectivity index is 3.05. The molecule has 1 aliphatic heterocycles. The van der Waals surface area contributed by atoms with E-state index in [2.05, 4.69) is 64.8 Å². The van der Waals surface area contributed by atoms with E-state index in [0.717, 1.165) is 0 Å². The van der Waals surface area contributed by atoms with Gasteiger partial charge in [-0.1, -0.05) is 47.5 Å². The number of carbonyl (C=O) groups excluding carboxylic acids is 4. The summed E-state index contributed by atoms with van der Waals surface area (Å²) in [4.78, 5) is 47.1. The summed E-state index contributed by atoms with van der Waals surface area (Å²) in [6.45, 7) is 18.1. The van der Waals surface area contributed by atoms with E-state index in [4.69, 9.17) is 28.4 Å². The number of rotatable bonds is 12. The quantitative estimate of drug-likeness (QED) is 0.107. The fourth-order valence-electron chi connectivity index (χ4n) is 5.36. The molecule has 11 heteroatoms. The van der Waals surface area contributed by atoms with E-state index in [-0.39, 0.29) is 13.2 Å². The van der Waals surface area contributed by atoms with Crippen molar-refractivity contribution in [2.75, 3.05) is 13.2 Å². The van der Waals surface area contributed by atoms with Gasteiger partial charge in [0.2, 0.25) is 0 Å². The van der Waals surface area contributed by atoms with Crippen molar-refractivity contribution in [1.29, 1.82) is 0 Å². The molecule has 0 spiro atoms. The Bertz CT molecular complexity index is 1010. The van der Waals surface area contributed by atoms with Crippen LogP contribution in [0.1, 0.15) is 82.1 Å². The summed E-state index contributed by atoms with van der Waals surface area (Å²) in [5.41, 5.74) is 5.12. The molecule has 0 N–H and O–H groups in total. The fourth-order valence-corrected chi connectivity index (χ4v) is 10.5. The minimum atomic E-state index is -1.85. The SMILES string of the molecule is CC(=O)OC[C@H]1O[C@@H](OCCCC#CC#C[Si](C(C)C)(C(C)C)C(C)C)[C@H](OC(C)=O)[C@@H](OC(C)=O)[C@@H]1OC(C)=O. The van der Waals surface area contributed by atoms with Gasteiger partial charge in [0.1, 0.15) is 20.8 Å². The van der Waals surface area contributed by atoms with Crippen LogP contribution in [0.5, 0.6) is 0 Å². The third kappa shape index (κ3) is 11.1. The van der Waals surface area contributed by atoms with E-state index in [1.165, 1.54) is 27.7 Å². The molecule has 1 heterocycles. The van der Waals surface area contributed by atoms with Crippen LogP contribution in [0.4, 0.5) is 0 Å². The first-order valence-electron chi connectivity index (χ1n) is 14.0. The van der Waals surface area contributed by atoms with Crippen LogP contribution < -0.4 is 0 Å². The smallest absolute Gasteiger partial charge is 0.303 e. The first kappa shape index (κ1) is 36.2. The molecule has 0 unspecified atom stereocenters. The number of unbranched alkanes of at least 4 members (excludes halogenated alkanes) is 1. The van der Waals surface area contributed by atoms with Gasteiger partial charge in [-0.05, 0) is 34.9 Å². The molecular weight excluding hydrogens is 548 g/mol. The number of ether oxygens (including phenoxy) is 6. The van der Waals surface area contributed by atoms with Crippen molar-refractivity contribution in [3.8, 4) is 23.3 Å². The highest BCUT2D eigenvalue weighted by Gasteiger charge is 2.52. The Kier molecular flexibility index (Phi) is 15.1. The second-order valence-electron chi connectivity index (χ2n) is 11.0. The minimum absolute atomic E-state index is 0.165. The molecule has 1 fully saturated rings. The van der Waals surface area contributed by atoms with Gasteiger partial charge in [-0.3, -0.25) is 19.2 Å². The molecular formula is C30H46O10Si. The summed E-state index contributed by atoms with van der Waals surface area (Å²) in [5.74, 6) is 6.49. The maximum Gasteiger partial charge on any atom is 0.303 e. The third-order valence-electron chi connectivity index (χ3n) is 6.97. The number of hydrogen-bond donors (Lipinski definition) is 0. The maximum atomic E-state index is 11.9. The lowest BCUT2D eigenvalue weighted by molar-refractivity contribution is -0.308. The Morgan fingerprint density at radius 2 is 1.24 bits per heavy atom. The largest absolute Gasteiger partial charge is 0.463 e. The summed E-state index contributed by atoms with van der Waals surface area (Å²) in [5, 5.41) is 0. The zero-order valence-electron chi connectivity index (χ0n) is 26.0. The van der Waals surface area contributed by atoms with Crippen molar-refractivity contribution in [2.45, 2.75) is 129 Å². The summed E-state index contributed by atoms with van der Waals surface area (Å²) in [6.07, 6.45) is -4.95. The predicted octanol–water partition coefficient (Wildman–Crippen LogP) is 4.09. The van der Waals surface area contributed by atoms with Crippen LogP contribution in [0.3, 0.4) is 0 Å². The normalized spacial score (nSPS) is 22.2. The van der Waals surface area contributed by atoms with Crippen LogP contribution in [-0.2, 0) is 47.6 Å². The van der Waals surface area contributed by atoms with Gasteiger partial charge >= 0.3 is 23.9 Å². The van der Waals surface area contributed by atoms with Crippen molar-refractivity contribution in [1.82, 2.24) is 0 Å². The molecule has 10 nitrogen and oxygen atoms in total. The molecule has 1 rings (SSSR count). The number of carbonyl (C=O) groups is 4. The van der Waals surface area contributed by atoms with Crippen LogP contribution >= 0.6 is 0 Å². The lowest BCUT2D eigenvalue weighted by Crippen LogP contribution is -2.63. The standard InChI is InChI=1S/C30H46O10Si/c1-19(2)41(20(3)4,21(5)6)17-15-13-11-12-14-16-35-30-29(39-25(10)34)28(38-24(9)33)27(37-23(8)32)26(40-30)18-36-22(7)31/h19-21,26-30H,12,14,16,18H2,1-10H3/t26-,27-,28+,29-,30-/m1/s1. The summed E-state index contributed by atoms with van der Waals surface area (Å²) in [6, 6.07) is 0. The predicted molar refractivity (Wildman–Crippen MR) is 154 cm³/mol. The van der Waals surface area contributed by atoms with Crippen LogP contribution in [0.25, 0.3) is 0 Å². The highest BCUT2D eigenvalue weighted by Crippen LogP contribution is 2.40. The van der Waals surface area contributed by atoms with Crippen LogP contribution in [0.2, 0.25) is 16.6 Å². The van der Waals surface area contributed by atoms with E-state index >= 15 is 0 Å². The second kappa shape index (κ2) is 17.2. The van der Waals surface area contributed by atoms with Crippen LogP contribution in [0, 0.1) is 23.3 Å².